The largest absolute Gasteiger partial charge is 0.354 e. The molecule has 120 valence electrons. The normalized spacial score (nSPS) is 11.3. The van der Waals surface area contributed by atoms with Crippen LogP contribution in [0.25, 0.3) is 22.2 Å². The van der Waals surface area contributed by atoms with Crippen molar-refractivity contribution in [1.29, 1.82) is 0 Å². The first-order valence-corrected chi connectivity index (χ1v) is 8.56. The topological polar surface area (TPSA) is 41.8 Å². The van der Waals surface area contributed by atoms with Crippen LogP contribution in [0.1, 0.15) is 29.5 Å². The molecule has 0 amide bonds. The van der Waals surface area contributed by atoms with Crippen LogP contribution in [0, 0.1) is 13.8 Å². The maximum Gasteiger partial charge on any atom is 0.0500 e. The van der Waals surface area contributed by atoms with E-state index in [9.17, 15) is 0 Å². The van der Waals surface area contributed by atoms with E-state index in [2.05, 4.69) is 49.2 Å². The number of halogens is 1. The minimum atomic E-state index is 0.738. The number of benzene rings is 2. The lowest BCUT2D eigenvalue weighted by molar-refractivity contribution is 0.748. The van der Waals surface area contributed by atoms with Gasteiger partial charge >= 0.3 is 0 Å². The van der Waals surface area contributed by atoms with E-state index in [1.807, 2.05) is 6.07 Å². The van der Waals surface area contributed by atoms with Crippen molar-refractivity contribution in [2.75, 3.05) is 6.54 Å². The molecule has 0 saturated carbocycles. The Morgan fingerprint density at radius 3 is 2.57 bits per heavy atom. The number of nitrogens with two attached hydrogens (primary N) is 1. The third-order valence-corrected chi connectivity index (χ3v) is 4.69. The highest BCUT2D eigenvalue weighted by Gasteiger charge is 2.16. The lowest BCUT2D eigenvalue weighted by atomic mass is 9.97. The summed E-state index contributed by atoms with van der Waals surface area (Å²) in [6.45, 7) is 5.00. The van der Waals surface area contributed by atoms with Crippen LogP contribution in [0.5, 0.6) is 0 Å². The molecule has 0 aliphatic carbocycles. The van der Waals surface area contributed by atoms with Gasteiger partial charge in [0, 0.05) is 27.2 Å². The number of aromatic amines is 1. The molecule has 0 bridgehead atoms. The van der Waals surface area contributed by atoms with E-state index in [-0.39, 0.29) is 0 Å². The number of fused-ring (bicyclic) bond motifs is 1. The van der Waals surface area contributed by atoms with Gasteiger partial charge in [0.25, 0.3) is 0 Å². The second-order valence-electron chi connectivity index (χ2n) is 6.18. The highest BCUT2D eigenvalue weighted by molar-refractivity contribution is 6.31. The highest BCUT2D eigenvalue weighted by Crippen LogP contribution is 2.35. The van der Waals surface area contributed by atoms with E-state index < -0.39 is 0 Å². The Balaban J connectivity index is 2.21. The van der Waals surface area contributed by atoms with Crippen molar-refractivity contribution in [3.8, 4) is 11.3 Å². The maximum absolute atomic E-state index is 6.31. The van der Waals surface area contributed by atoms with E-state index in [0.29, 0.717) is 0 Å². The molecule has 0 radical (unpaired) electrons. The average molecular weight is 327 g/mol. The zero-order valence-electron chi connectivity index (χ0n) is 13.7. The summed E-state index contributed by atoms with van der Waals surface area (Å²) < 4.78 is 0. The maximum atomic E-state index is 6.31. The molecule has 0 aliphatic heterocycles. The Hall–Kier alpha value is -1.77. The smallest absolute Gasteiger partial charge is 0.0500 e. The summed E-state index contributed by atoms with van der Waals surface area (Å²) >= 11 is 6.31. The molecule has 0 atom stereocenters. The van der Waals surface area contributed by atoms with E-state index in [1.165, 1.54) is 38.9 Å². The minimum Gasteiger partial charge on any atom is -0.354 e. The van der Waals surface area contributed by atoms with Gasteiger partial charge in [0.1, 0.15) is 0 Å². The molecule has 1 heterocycles. The zero-order chi connectivity index (χ0) is 16.4. The summed E-state index contributed by atoms with van der Waals surface area (Å²) in [5.41, 5.74) is 13.2. The van der Waals surface area contributed by atoms with Crippen LogP contribution < -0.4 is 5.73 Å². The SMILES string of the molecule is Cc1ccccc1-c1[nH]c2c(C)cc(Cl)cc2c1CCCCN. The van der Waals surface area contributed by atoms with Gasteiger partial charge in [-0.1, -0.05) is 35.9 Å². The summed E-state index contributed by atoms with van der Waals surface area (Å²) in [5, 5.41) is 2.04. The molecule has 3 N–H and O–H groups in total. The minimum absolute atomic E-state index is 0.738. The Morgan fingerprint density at radius 1 is 1.04 bits per heavy atom. The van der Waals surface area contributed by atoms with Crippen LogP contribution in [-0.4, -0.2) is 11.5 Å². The number of rotatable bonds is 5. The Labute approximate surface area is 142 Å². The van der Waals surface area contributed by atoms with E-state index in [4.69, 9.17) is 17.3 Å². The molecule has 1 aromatic heterocycles. The molecule has 0 aliphatic rings. The number of unbranched alkanes of at least 4 members (excludes halogenated alkanes) is 1. The average Bonchev–Trinajstić information content (AvgIpc) is 2.87. The molecule has 2 nitrogen and oxygen atoms in total. The number of nitrogens with one attached hydrogen (secondary N) is 1. The fourth-order valence-electron chi connectivity index (χ4n) is 3.27. The predicted octanol–water partition coefficient (Wildman–Crippen LogP) is 5.39. The number of aryl methyl sites for hydroxylation is 3. The Morgan fingerprint density at radius 2 is 1.83 bits per heavy atom. The summed E-state index contributed by atoms with van der Waals surface area (Å²) in [6.07, 6.45) is 3.15. The third kappa shape index (κ3) is 3.15. The molecular weight excluding hydrogens is 304 g/mol. The molecule has 23 heavy (non-hydrogen) atoms. The molecule has 3 heteroatoms. The van der Waals surface area contributed by atoms with Crippen LogP contribution in [-0.2, 0) is 6.42 Å². The second-order valence-corrected chi connectivity index (χ2v) is 6.62. The van der Waals surface area contributed by atoms with Gasteiger partial charge in [0.05, 0.1) is 0 Å². The summed E-state index contributed by atoms with van der Waals surface area (Å²) in [5.74, 6) is 0. The lowest BCUT2D eigenvalue weighted by Crippen LogP contribution is -1.99. The van der Waals surface area contributed by atoms with Crippen molar-refractivity contribution in [2.24, 2.45) is 5.73 Å². The van der Waals surface area contributed by atoms with Crippen molar-refractivity contribution in [1.82, 2.24) is 4.98 Å². The van der Waals surface area contributed by atoms with Crippen LogP contribution >= 0.6 is 11.6 Å². The van der Waals surface area contributed by atoms with Crippen LogP contribution in [0.3, 0.4) is 0 Å². The second kappa shape index (κ2) is 6.77. The molecule has 2 aromatic carbocycles. The fourth-order valence-corrected chi connectivity index (χ4v) is 3.54. The fraction of sp³-hybridized carbons (Fsp3) is 0.300. The molecule has 3 rings (SSSR count). The first-order chi connectivity index (χ1) is 11.1. The summed E-state index contributed by atoms with van der Waals surface area (Å²) in [6, 6.07) is 12.6. The lowest BCUT2D eigenvalue weighted by Gasteiger charge is -2.08. The summed E-state index contributed by atoms with van der Waals surface area (Å²) in [4.78, 5) is 3.65. The summed E-state index contributed by atoms with van der Waals surface area (Å²) in [7, 11) is 0. The van der Waals surface area contributed by atoms with Gasteiger partial charge in [-0.25, -0.2) is 0 Å². The quantitative estimate of drug-likeness (QED) is 0.607. The first-order valence-electron chi connectivity index (χ1n) is 8.18. The van der Waals surface area contributed by atoms with Crippen LogP contribution in [0.4, 0.5) is 0 Å². The first kappa shape index (κ1) is 16.1. The van der Waals surface area contributed by atoms with Gasteiger partial charge < -0.3 is 10.7 Å². The predicted molar refractivity (Wildman–Crippen MR) is 100 cm³/mol. The van der Waals surface area contributed by atoms with Gasteiger partial charge in [-0.15, -0.1) is 0 Å². The molecule has 0 unspecified atom stereocenters. The van der Waals surface area contributed by atoms with Gasteiger partial charge in [-0.3, -0.25) is 0 Å². The van der Waals surface area contributed by atoms with Crippen molar-refractivity contribution in [2.45, 2.75) is 33.1 Å². The van der Waals surface area contributed by atoms with Crippen molar-refractivity contribution < 1.29 is 0 Å². The molecule has 0 spiro atoms. The molecule has 0 saturated heterocycles. The monoisotopic (exact) mass is 326 g/mol. The van der Waals surface area contributed by atoms with Gasteiger partial charge in [0.15, 0.2) is 0 Å². The highest BCUT2D eigenvalue weighted by atomic mass is 35.5. The van der Waals surface area contributed by atoms with Gasteiger partial charge in [0.2, 0.25) is 0 Å². The molecular formula is C20H23ClN2. The van der Waals surface area contributed by atoms with E-state index in [1.54, 1.807) is 0 Å². The Bertz CT molecular complexity index is 833. The third-order valence-electron chi connectivity index (χ3n) is 4.47. The van der Waals surface area contributed by atoms with Crippen molar-refractivity contribution in [3.05, 3.63) is 58.1 Å². The van der Waals surface area contributed by atoms with E-state index in [0.717, 1.165) is 30.8 Å². The number of hydrogen-bond acceptors (Lipinski definition) is 1. The number of H-pyrrole nitrogens is 1. The van der Waals surface area contributed by atoms with Gasteiger partial charge in [-0.05, 0) is 68.5 Å². The zero-order valence-corrected chi connectivity index (χ0v) is 14.5. The number of hydrogen-bond donors (Lipinski definition) is 2. The molecule has 3 aromatic rings. The van der Waals surface area contributed by atoms with Gasteiger partial charge in [-0.2, -0.15) is 0 Å². The van der Waals surface area contributed by atoms with E-state index >= 15 is 0 Å². The molecule has 0 fully saturated rings. The van der Waals surface area contributed by atoms with Crippen molar-refractivity contribution >= 4 is 22.5 Å². The Kier molecular flexibility index (Phi) is 4.74. The van der Waals surface area contributed by atoms with Crippen LogP contribution in [0.2, 0.25) is 5.02 Å². The van der Waals surface area contributed by atoms with Crippen molar-refractivity contribution in [3.63, 3.8) is 0 Å². The van der Waals surface area contributed by atoms with Crippen LogP contribution in [0.15, 0.2) is 36.4 Å². The number of aromatic nitrogens is 1. The standard InChI is InChI=1S/C20H23ClN2/c1-13-7-3-4-8-16(13)20-17(9-5-6-10-22)18-12-15(21)11-14(2)19(18)23-20/h3-4,7-8,11-12,23H,5-6,9-10,22H2,1-2H3.